The maximum atomic E-state index is 11.3. The molecule has 0 spiro atoms. The topological polar surface area (TPSA) is 69.6 Å². The van der Waals surface area contributed by atoms with Gasteiger partial charge in [-0.3, -0.25) is 4.79 Å². The average Bonchev–Trinajstić information content (AvgIpc) is 2.18. The Morgan fingerprint density at radius 2 is 2.13 bits per heavy atom. The van der Waals surface area contributed by atoms with Gasteiger partial charge in [0.1, 0.15) is 5.75 Å². The number of unbranched alkanes of at least 4 members (excludes halogenated alkanes) is 1. The van der Waals surface area contributed by atoms with E-state index in [2.05, 4.69) is 5.32 Å². The van der Waals surface area contributed by atoms with Crippen LogP contribution in [0.1, 0.15) is 19.3 Å². The van der Waals surface area contributed by atoms with Gasteiger partial charge < -0.3 is 15.5 Å². The molecule has 0 aliphatic rings. The predicted octanol–water partition coefficient (Wildman–Crippen LogP) is 1.49. The molecule has 0 aliphatic heterocycles. The fraction of sp³-hybridized carbons (Fsp3) is 0.364. The molecule has 15 heavy (non-hydrogen) atoms. The summed E-state index contributed by atoms with van der Waals surface area (Å²) in [6.45, 7) is 0.111. The highest BCUT2D eigenvalue weighted by Gasteiger charge is 2.01. The summed E-state index contributed by atoms with van der Waals surface area (Å²) in [5.41, 5.74) is 0.587. The molecule has 3 N–H and O–H groups in total. The standard InChI is InChI=1S/C11H15NO3/c13-7-2-1-6-11(15)12-9-4-3-5-10(14)8-9/h3-5,8,13-14H,1-2,6-7H2,(H,12,15). The van der Waals surface area contributed by atoms with Crippen LogP contribution in [-0.2, 0) is 4.79 Å². The Bertz CT molecular complexity index is 325. The van der Waals surface area contributed by atoms with Crippen molar-refractivity contribution in [1.29, 1.82) is 0 Å². The Hall–Kier alpha value is -1.55. The zero-order valence-corrected chi connectivity index (χ0v) is 8.44. The number of aliphatic hydroxyl groups is 1. The van der Waals surface area contributed by atoms with Gasteiger partial charge in [-0.1, -0.05) is 6.07 Å². The minimum absolute atomic E-state index is 0.103. The first kappa shape index (κ1) is 11.5. The van der Waals surface area contributed by atoms with Gasteiger partial charge in [-0.2, -0.15) is 0 Å². The number of nitrogens with one attached hydrogen (secondary N) is 1. The molecule has 0 saturated carbocycles. The molecule has 0 saturated heterocycles. The van der Waals surface area contributed by atoms with Crippen molar-refractivity contribution in [3.05, 3.63) is 24.3 Å². The van der Waals surface area contributed by atoms with Crippen LogP contribution >= 0.6 is 0 Å². The summed E-state index contributed by atoms with van der Waals surface area (Å²) in [6.07, 6.45) is 1.69. The third kappa shape index (κ3) is 4.46. The van der Waals surface area contributed by atoms with E-state index in [0.29, 0.717) is 24.9 Å². The van der Waals surface area contributed by atoms with Gasteiger partial charge in [0.05, 0.1) is 0 Å². The van der Waals surface area contributed by atoms with E-state index < -0.39 is 0 Å². The van der Waals surface area contributed by atoms with Crippen LogP contribution in [0.5, 0.6) is 5.75 Å². The van der Waals surface area contributed by atoms with E-state index in [1.54, 1.807) is 18.2 Å². The molecule has 0 fully saturated rings. The zero-order valence-electron chi connectivity index (χ0n) is 8.44. The molecule has 0 atom stereocenters. The molecule has 4 nitrogen and oxygen atoms in total. The van der Waals surface area contributed by atoms with Crippen LogP contribution in [0, 0.1) is 0 Å². The van der Waals surface area contributed by atoms with Crippen LogP contribution in [0.25, 0.3) is 0 Å². The summed E-state index contributed by atoms with van der Waals surface area (Å²) in [7, 11) is 0. The largest absolute Gasteiger partial charge is 0.508 e. The van der Waals surface area contributed by atoms with Crippen molar-refractivity contribution in [2.24, 2.45) is 0 Å². The SMILES string of the molecule is O=C(CCCCO)Nc1cccc(O)c1. The second-order valence-electron chi connectivity index (χ2n) is 3.28. The molecule has 0 unspecified atom stereocenters. The van der Waals surface area contributed by atoms with Gasteiger partial charge in [-0.05, 0) is 25.0 Å². The van der Waals surface area contributed by atoms with Crippen LogP contribution in [-0.4, -0.2) is 22.7 Å². The van der Waals surface area contributed by atoms with E-state index in [9.17, 15) is 4.79 Å². The number of hydrogen-bond donors (Lipinski definition) is 3. The fourth-order valence-corrected chi connectivity index (χ4v) is 1.20. The molecule has 82 valence electrons. The molecule has 0 aromatic heterocycles. The molecule has 1 aromatic carbocycles. The summed E-state index contributed by atoms with van der Waals surface area (Å²) in [5, 5.41) is 20.4. The monoisotopic (exact) mass is 209 g/mol. The van der Waals surface area contributed by atoms with Crippen molar-refractivity contribution in [2.45, 2.75) is 19.3 Å². The number of phenols is 1. The van der Waals surface area contributed by atoms with Crippen molar-refractivity contribution in [2.75, 3.05) is 11.9 Å². The highest BCUT2D eigenvalue weighted by atomic mass is 16.3. The first-order valence-corrected chi connectivity index (χ1v) is 4.92. The van der Waals surface area contributed by atoms with E-state index in [0.717, 1.165) is 0 Å². The number of amides is 1. The van der Waals surface area contributed by atoms with E-state index >= 15 is 0 Å². The Balaban J connectivity index is 2.37. The lowest BCUT2D eigenvalue weighted by Crippen LogP contribution is -2.11. The molecule has 1 amide bonds. The van der Waals surface area contributed by atoms with Crippen molar-refractivity contribution < 1.29 is 15.0 Å². The van der Waals surface area contributed by atoms with Crippen LogP contribution in [0.4, 0.5) is 5.69 Å². The molecule has 1 rings (SSSR count). The molecule has 0 radical (unpaired) electrons. The third-order valence-electron chi connectivity index (χ3n) is 1.94. The number of benzene rings is 1. The van der Waals surface area contributed by atoms with Crippen LogP contribution in [0.3, 0.4) is 0 Å². The van der Waals surface area contributed by atoms with Crippen LogP contribution in [0.2, 0.25) is 0 Å². The lowest BCUT2D eigenvalue weighted by Gasteiger charge is -2.04. The van der Waals surface area contributed by atoms with Crippen molar-refractivity contribution in [3.63, 3.8) is 0 Å². The van der Waals surface area contributed by atoms with Gasteiger partial charge >= 0.3 is 0 Å². The molecular weight excluding hydrogens is 194 g/mol. The first-order valence-electron chi connectivity index (χ1n) is 4.92. The summed E-state index contributed by atoms with van der Waals surface area (Å²) in [6, 6.07) is 6.41. The van der Waals surface area contributed by atoms with Crippen molar-refractivity contribution in [3.8, 4) is 5.75 Å². The molecule has 0 heterocycles. The van der Waals surface area contributed by atoms with Crippen molar-refractivity contribution >= 4 is 11.6 Å². The Morgan fingerprint density at radius 3 is 2.80 bits per heavy atom. The summed E-state index contributed by atoms with van der Waals surface area (Å²) < 4.78 is 0. The molecule has 1 aromatic rings. The number of phenolic OH excluding ortho intramolecular Hbond substituents is 1. The number of carbonyl (C=O) groups excluding carboxylic acids is 1. The zero-order chi connectivity index (χ0) is 11.1. The normalized spacial score (nSPS) is 9.93. The highest BCUT2D eigenvalue weighted by molar-refractivity contribution is 5.90. The number of carbonyl (C=O) groups is 1. The molecule has 4 heteroatoms. The summed E-state index contributed by atoms with van der Waals surface area (Å²) >= 11 is 0. The number of aliphatic hydroxyl groups excluding tert-OH is 1. The second-order valence-corrected chi connectivity index (χ2v) is 3.28. The smallest absolute Gasteiger partial charge is 0.224 e. The Labute approximate surface area is 88.6 Å². The lowest BCUT2D eigenvalue weighted by atomic mass is 10.2. The van der Waals surface area contributed by atoms with Crippen LogP contribution in [0.15, 0.2) is 24.3 Å². The number of aromatic hydroxyl groups is 1. The third-order valence-corrected chi connectivity index (χ3v) is 1.94. The van der Waals surface area contributed by atoms with Gasteiger partial charge in [0.2, 0.25) is 5.91 Å². The highest BCUT2D eigenvalue weighted by Crippen LogP contribution is 2.15. The van der Waals surface area contributed by atoms with Gasteiger partial charge in [0, 0.05) is 24.8 Å². The van der Waals surface area contributed by atoms with Gasteiger partial charge in [0.25, 0.3) is 0 Å². The van der Waals surface area contributed by atoms with E-state index in [4.69, 9.17) is 10.2 Å². The summed E-state index contributed by atoms with van der Waals surface area (Å²) in [5.74, 6) is 0.0252. The lowest BCUT2D eigenvalue weighted by molar-refractivity contribution is -0.116. The van der Waals surface area contributed by atoms with E-state index in [1.807, 2.05) is 0 Å². The maximum Gasteiger partial charge on any atom is 0.224 e. The minimum atomic E-state index is -0.103. The fourth-order valence-electron chi connectivity index (χ4n) is 1.20. The van der Waals surface area contributed by atoms with Crippen molar-refractivity contribution in [1.82, 2.24) is 0 Å². The second kappa shape index (κ2) is 6.03. The minimum Gasteiger partial charge on any atom is -0.508 e. The van der Waals surface area contributed by atoms with E-state index in [-0.39, 0.29) is 18.3 Å². The van der Waals surface area contributed by atoms with Crippen LogP contribution < -0.4 is 5.32 Å². The van der Waals surface area contributed by atoms with Gasteiger partial charge in [-0.25, -0.2) is 0 Å². The van der Waals surface area contributed by atoms with E-state index in [1.165, 1.54) is 6.07 Å². The predicted molar refractivity (Wildman–Crippen MR) is 57.7 cm³/mol. The Morgan fingerprint density at radius 1 is 1.33 bits per heavy atom. The Kier molecular flexibility index (Phi) is 4.63. The quantitative estimate of drug-likeness (QED) is 0.643. The number of anilines is 1. The maximum absolute atomic E-state index is 11.3. The molecule has 0 bridgehead atoms. The molecule has 0 aliphatic carbocycles. The van der Waals surface area contributed by atoms with Gasteiger partial charge in [-0.15, -0.1) is 0 Å². The molecular formula is C11H15NO3. The number of rotatable bonds is 5. The van der Waals surface area contributed by atoms with Gasteiger partial charge in [0.15, 0.2) is 0 Å². The average molecular weight is 209 g/mol. The first-order chi connectivity index (χ1) is 7.22. The number of hydrogen-bond acceptors (Lipinski definition) is 3. The summed E-state index contributed by atoms with van der Waals surface area (Å²) in [4.78, 5) is 11.3.